The minimum atomic E-state index is -4.59. The lowest BCUT2D eigenvalue weighted by Gasteiger charge is -2.11. The van der Waals surface area contributed by atoms with Gasteiger partial charge in [0.2, 0.25) is 11.9 Å². The first kappa shape index (κ1) is 13.0. The molecule has 94 valence electrons. The van der Waals surface area contributed by atoms with Crippen LogP contribution in [0.1, 0.15) is 0 Å². The van der Waals surface area contributed by atoms with E-state index >= 15 is 0 Å². The van der Waals surface area contributed by atoms with Crippen LogP contribution in [0.3, 0.4) is 0 Å². The first-order valence-corrected chi connectivity index (χ1v) is 6.30. The van der Waals surface area contributed by atoms with Gasteiger partial charge in [0, 0.05) is 17.2 Å². The van der Waals surface area contributed by atoms with Gasteiger partial charge in [0.25, 0.3) is 0 Å². The molecular formula is C10H7Cl2N2O4+. The number of benzene rings is 1. The summed E-state index contributed by atoms with van der Waals surface area (Å²) in [6.07, 6.45) is 2.39. The number of hydrogen-bond acceptors (Lipinski definition) is 5. The molecule has 0 amide bonds. The van der Waals surface area contributed by atoms with E-state index in [0.29, 0.717) is 0 Å². The van der Waals surface area contributed by atoms with E-state index in [2.05, 4.69) is 9.39 Å². The van der Waals surface area contributed by atoms with Crippen molar-refractivity contribution in [2.24, 2.45) is 0 Å². The number of aromatic nitrogens is 2. The normalized spacial score (nSPS) is 11.3. The second kappa shape index (κ2) is 5.05. The van der Waals surface area contributed by atoms with E-state index in [1.807, 2.05) is 18.2 Å². The van der Waals surface area contributed by atoms with Gasteiger partial charge in [-0.2, -0.15) is 14.0 Å². The third kappa shape index (κ3) is 3.28. The van der Waals surface area contributed by atoms with E-state index in [9.17, 15) is 14.0 Å². The standard InChI is InChI=1S/C10H7Cl2N2O4/c11-9-7-14(8-4-2-1-3-5-8)13-6-10(9)18-12(15,16)17/h1-7H/q+1. The molecule has 8 heteroatoms. The molecule has 0 aliphatic carbocycles. The second-order valence-corrected chi connectivity index (χ2v) is 4.54. The SMILES string of the molecule is [O-][Cl+3]([O-])([O-])Oc1cn[n+](-c2ccccc2)cc1Cl. The molecule has 0 aliphatic heterocycles. The Kier molecular flexibility index (Phi) is 3.65. The number of hydrogen-bond donors (Lipinski definition) is 0. The lowest BCUT2D eigenvalue weighted by atomic mass is 10.3. The Balaban J connectivity index is 2.31. The number of nitrogens with zero attached hydrogens (tertiary/aromatic N) is 2. The molecule has 1 aromatic carbocycles. The van der Waals surface area contributed by atoms with Gasteiger partial charge in [-0.1, -0.05) is 38.8 Å². The van der Waals surface area contributed by atoms with Gasteiger partial charge in [-0.25, -0.2) is 0 Å². The summed E-state index contributed by atoms with van der Waals surface area (Å²) in [6.45, 7) is 0. The van der Waals surface area contributed by atoms with Gasteiger partial charge in [-0.15, -0.1) is 0 Å². The summed E-state index contributed by atoms with van der Waals surface area (Å²) in [7, 11) is -4.59. The van der Waals surface area contributed by atoms with Gasteiger partial charge < -0.3 is 0 Å². The Labute approximate surface area is 109 Å². The van der Waals surface area contributed by atoms with E-state index in [1.165, 1.54) is 10.9 Å². The summed E-state index contributed by atoms with van der Waals surface area (Å²) in [4.78, 5) is 0. The van der Waals surface area contributed by atoms with Crippen molar-refractivity contribution in [3.8, 4) is 11.4 Å². The van der Waals surface area contributed by atoms with Gasteiger partial charge in [-0.3, -0.25) is 0 Å². The molecule has 2 rings (SSSR count). The van der Waals surface area contributed by atoms with E-state index in [4.69, 9.17) is 11.6 Å². The fraction of sp³-hybridized carbons (Fsp3) is 0. The summed E-state index contributed by atoms with van der Waals surface area (Å²) < 4.78 is 36.8. The monoisotopic (exact) mass is 289 g/mol. The molecule has 0 saturated carbocycles. The van der Waals surface area contributed by atoms with Crippen LogP contribution in [0.5, 0.6) is 5.75 Å². The van der Waals surface area contributed by atoms with Gasteiger partial charge in [0.1, 0.15) is 10.2 Å². The molecule has 0 radical (unpaired) electrons. The van der Waals surface area contributed by atoms with Crippen LogP contribution < -0.4 is 22.9 Å². The van der Waals surface area contributed by atoms with Gasteiger partial charge >= 0.3 is 5.75 Å². The highest BCUT2D eigenvalue weighted by molar-refractivity contribution is 6.31. The summed E-state index contributed by atoms with van der Waals surface area (Å²) in [5.41, 5.74) is 0.730. The molecule has 6 nitrogen and oxygen atoms in total. The van der Waals surface area contributed by atoms with Crippen LogP contribution in [0.2, 0.25) is 5.02 Å². The first-order chi connectivity index (χ1) is 8.46. The molecule has 0 N–H and O–H groups in total. The van der Waals surface area contributed by atoms with Crippen LogP contribution >= 0.6 is 11.6 Å². The molecule has 1 heterocycles. The summed E-state index contributed by atoms with van der Waals surface area (Å²) in [5.74, 6) is -0.319. The molecule has 0 atom stereocenters. The Morgan fingerprint density at radius 2 is 1.83 bits per heavy atom. The van der Waals surface area contributed by atoms with Crippen LogP contribution in [0, 0.1) is 10.2 Å². The molecule has 0 unspecified atom stereocenters. The number of rotatable bonds is 3. The van der Waals surface area contributed by atoms with Gasteiger partial charge in [-0.05, 0) is 0 Å². The van der Waals surface area contributed by atoms with Crippen LogP contribution in [-0.2, 0) is 0 Å². The number of halogens is 2. The maximum Gasteiger partial charge on any atom is 0.336 e. The van der Waals surface area contributed by atoms with Gasteiger partial charge in [0.15, 0.2) is 11.2 Å². The van der Waals surface area contributed by atoms with E-state index in [0.717, 1.165) is 11.9 Å². The third-order valence-electron chi connectivity index (χ3n) is 1.97. The zero-order valence-corrected chi connectivity index (χ0v) is 10.3. The topological polar surface area (TPSA) is 95.2 Å². The lowest BCUT2D eigenvalue weighted by molar-refractivity contribution is -1.91. The van der Waals surface area contributed by atoms with Crippen molar-refractivity contribution >= 4 is 11.6 Å². The Morgan fingerprint density at radius 3 is 2.39 bits per heavy atom. The van der Waals surface area contributed by atoms with Crippen LogP contribution in [0.4, 0.5) is 0 Å². The zero-order chi connectivity index (χ0) is 13.2. The molecule has 1 aromatic heterocycles. The van der Waals surface area contributed by atoms with Crippen LogP contribution in [-0.4, -0.2) is 5.10 Å². The highest BCUT2D eigenvalue weighted by Crippen LogP contribution is 2.22. The van der Waals surface area contributed by atoms with Crippen molar-refractivity contribution in [3.63, 3.8) is 0 Å². The average molecular weight is 290 g/mol. The van der Waals surface area contributed by atoms with E-state index < -0.39 is 10.2 Å². The van der Waals surface area contributed by atoms with Crippen LogP contribution in [0.15, 0.2) is 42.7 Å². The predicted octanol–water partition coefficient (Wildman–Crippen LogP) is -1.71. The summed E-state index contributed by atoms with van der Waals surface area (Å²) in [6, 6.07) is 9.02. The molecule has 0 spiro atoms. The minimum absolute atomic E-state index is 0.0409. The van der Waals surface area contributed by atoms with Crippen molar-refractivity contribution in [2.75, 3.05) is 0 Å². The highest BCUT2D eigenvalue weighted by atomic mass is 35.7. The third-order valence-corrected chi connectivity index (χ3v) is 2.61. The molecule has 2 aromatic rings. The van der Waals surface area contributed by atoms with Crippen LogP contribution in [0.25, 0.3) is 5.69 Å². The predicted molar refractivity (Wildman–Crippen MR) is 51.4 cm³/mol. The fourth-order valence-electron chi connectivity index (χ4n) is 1.26. The zero-order valence-electron chi connectivity index (χ0n) is 8.82. The van der Waals surface area contributed by atoms with E-state index in [1.54, 1.807) is 12.1 Å². The molecule has 18 heavy (non-hydrogen) atoms. The minimum Gasteiger partial charge on any atom is -0.167 e. The van der Waals surface area contributed by atoms with Crippen molar-refractivity contribution in [1.82, 2.24) is 5.10 Å². The molecule has 0 fully saturated rings. The van der Waals surface area contributed by atoms with Crippen molar-refractivity contribution in [1.29, 1.82) is 0 Å². The molecule has 0 bridgehead atoms. The second-order valence-electron chi connectivity index (χ2n) is 3.22. The van der Waals surface area contributed by atoms with Crippen molar-refractivity contribution < 1.29 is 33.2 Å². The Morgan fingerprint density at radius 1 is 1.17 bits per heavy atom. The Hall–Kier alpha value is -1.44. The van der Waals surface area contributed by atoms with Crippen molar-refractivity contribution in [2.45, 2.75) is 0 Å². The summed E-state index contributed by atoms with van der Waals surface area (Å²) in [5, 5.41) is 3.85. The molecular weight excluding hydrogens is 283 g/mol. The largest absolute Gasteiger partial charge is 0.336 e. The maximum atomic E-state index is 10.4. The summed E-state index contributed by atoms with van der Waals surface area (Å²) >= 11 is 5.79. The maximum absolute atomic E-state index is 10.4. The highest BCUT2D eigenvalue weighted by Gasteiger charge is 2.25. The Bertz CT molecular complexity index is 545. The molecule has 0 saturated heterocycles. The smallest absolute Gasteiger partial charge is 0.167 e. The van der Waals surface area contributed by atoms with Gasteiger partial charge in [0.05, 0.1) is 0 Å². The molecule has 0 aliphatic rings. The first-order valence-electron chi connectivity index (χ1n) is 4.69. The van der Waals surface area contributed by atoms with E-state index in [-0.39, 0.29) is 10.8 Å². The quantitative estimate of drug-likeness (QED) is 0.627. The van der Waals surface area contributed by atoms with Crippen molar-refractivity contribution in [3.05, 3.63) is 47.7 Å². The number of para-hydroxylation sites is 1. The fourth-order valence-corrected chi connectivity index (χ4v) is 1.81. The average Bonchev–Trinajstić information content (AvgIpc) is 2.31. The lowest BCUT2D eigenvalue weighted by Crippen LogP contribution is -2.63.